The van der Waals surface area contributed by atoms with Crippen LogP contribution in [0.3, 0.4) is 0 Å². The number of hydrogen-bond acceptors (Lipinski definition) is 5. The fraction of sp³-hybridized carbons (Fsp3) is 0.417. The molecule has 9 heteroatoms. The molecule has 2 N–H and O–H groups in total. The summed E-state index contributed by atoms with van der Waals surface area (Å²) >= 11 is 0. The van der Waals surface area contributed by atoms with Crippen molar-refractivity contribution in [3.05, 3.63) is 40.2 Å². The predicted molar refractivity (Wildman–Crippen MR) is 73.8 cm³/mol. The van der Waals surface area contributed by atoms with E-state index in [4.69, 9.17) is 0 Å². The van der Waals surface area contributed by atoms with E-state index in [0.717, 1.165) is 5.82 Å². The van der Waals surface area contributed by atoms with Crippen molar-refractivity contribution < 1.29 is 9.72 Å². The summed E-state index contributed by atoms with van der Waals surface area (Å²) in [6, 6.07) is 1.29. The highest BCUT2D eigenvalue weighted by Gasteiger charge is 2.18. The predicted octanol–water partition coefficient (Wildman–Crippen LogP) is 0.897. The van der Waals surface area contributed by atoms with E-state index < -0.39 is 4.92 Å². The van der Waals surface area contributed by atoms with Crippen LogP contribution in [0, 0.1) is 10.1 Å². The molecule has 2 heterocycles. The van der Waals surface area contributed by atoms with Crippen molar-refractivity contribution >= 4 is 11.6 Å². The van der Waals surface area contributed by atoms with Crippen molar-refractivity contribution in [1.29, 1.82) is 0 Å². The first-order valence-corrected chi connectivity index (χ1v) is 6.58. The van der Waals surface area contributed by atoms with Crippen molar-refractivity contribution in [3.63, 3.8) is 0 Å². The average molecular weight is 292 g/mol. The van der Waals surface area contributed by atoms with Crippen LogP contribution in [0.5, 0.6) is 0 Å². The molecule has 21 heavy (non-hydrogen) atoms. The SMILES string of the molecule is CCn1cc([N+](=O)[O-])cc1C(=O)NCCCc1ncn[nH]1. The number of aromatic amines is 1. The Kier molecular flexibility index (Phi) is 4.64. The Labute approximate surface area is 120 Å². The largest absolute Gasteiger partial charge is 0.351 e. The molecular weight excluding hydrogens is 276 g/mol. The van der Waals surface area contributed by atoms with Gasteiger partial charge in [0.25, 0.3) is 11.6 Å². The van der Waals surface area contributed by atoms with Crippen molar-refractivity contribution in [2.45, 2.75) is 26.3 Å². The van der Waals surface area contributed by atoms with Gasteiger partial charge in [0.15, 0.2) is 0 Å². The molecule has 0 radical (unpaired) electrons. The third-order valence-electron chi connectivity index (χ3n) is 3.01. The summed E-state index contributed by atoms with van der Waals surface area (Å²) in [7, 11) is 0. The van der Waals surface area contributed by atoms with Gasteiger partial charge in [-0.15, -0.1) is 0 Å². The fourth-order valence-electron chi connectivity index (χ4n) is 1.95. The van der Waals surface area contributed by atoms with E-state index in [1.165, 1.54) is 18.6 Å². The number of carbonyl (C=O) groups excluding carboxylic acids is 1. The first kappa shape index (κ1) is 14.7. The van der Waals surface area contributed by atoms with Gasteiger partial charge in [-0.2, -0.15) is 5.10 Å². The van der Waals surface area contributed by atoms with Gasteiger partial charge in [0.1, 0.15) is 17.8 Å². The quantitative estimate of drug-likeness (QED) is 0.446. The van der Waals surface area contributed by atoms with Crippen molar-refractivity contribution in [3.8, 4) is 0 Å². The molecule has 0 aliphatic rings. The number of H-pyrrole nitrogens is 1. The molecule has 0 saturated heterocycles. The van der Waals surface area contributed by atoms with Crippen LogP contribution in [0.2, 0.25) is 0 Å². The van der Waals surface area contributed by atoms with Crippen LogP contribution in [0.4, 0.5) is 5.69 Å². The lowest BCUT2D eigenvalue weighted by atomic mass is 10.3. The molecule has 0 atom stereocenters. The van der Waals surface area contributed by atoms with Gasteiger partial charge in [-0.25, -0.2) is 4.98 Å². The maximum Gasteiger partial charge on any atom is 0.287 e. The molecule has 0 unspecified atom stereocenters. The van der Waals surface area contributed by atoms with Crippen LogP contribution in [0.25, 0.3) is 0 Å². The minimum atomic E-state index is -0.507. The molecule has 0 bridgehead atoms. The Morgan fingerprint density at radius 1 is 1.57 bits per heavy atom. The molecular formula is C12H16N6O3. The molecule has 112 valence electrons. The van der Waals surface area contributed by atoms with Gasteiger partial charge in [0.05, 0.1) is 11.1 Å². The zero-order valence-electron chi connectivity index (χ0n) is 11.6. The summed E-state index contributed by atoms with van der Waals surface area (Å²) in [6.45, 7) is 2.78. The molecule has 2 aromatic heterocycles. The smallest absolute Gasteiger partial charge is 0.287 e. The molecule has 0 saturated carbocycles. The van der Waals surface area contributed by atoms with E-state index in [9.17, 15) is 14.9 Å². The van der Waals surface area contributed by atoms with Gasteiger partial charge in [0, 0.05) is 25.6 Å². The molecule has 0 aromatic carbocycles. The standard InChI is InChI=1S/C12H16N6O3/c1-2-17-7-9(18(20)21)6-10(17)12(19)13-5-3-4-11-14-8-15-16-11/h6-8H,2-5H2,1H3,(H,13,19)(H,14,15,16). The lowest BCUT2D eigenvalue weighted by Gasteiger charge is -2.06. The minimum absolute atomic E-state index is 0.0799. The topological polar surface area (TPSA) is 119 Å². The summed E-state index contributed by atoms with van der Waals surface area (Å²) in [6.07, 6.45) is 4.18. The number of aryl methyl sites for hydroxylation is 2. The Hall–Kier alpha value is -2.71. The molecule has 0 spiro atoms. The molecule has 2 rings (SSSR count). The zero-order valence-corrected chi connectivity index (χ0v) is 11.6. The Balaban J connectivity index is 1.89. The van der Waals surface area contributed by atoms with Crippen LogP contribution in [0.15, 0.2) is 18.6 Å². The highest BCUT2D eigenvalue weighted by atomic mass is 16.6. The van der Waals surface area contributed by atoms with E-state index in [1.54, 1.807) is 4.57 Å². The van der Waals surface area contributed by atoms with Crippen LogP contribution in [-0.2, 0) is 13.0 Å². The number of nitrogens with zero attached hydrogens (tertiary/aromatic N) is 4. The highest BCUT2D eigenvalue weighted by Crippen LogP contribution is 2.16. The third-order valence-corrected chi connectivity index (χ3v) is 3.01. The van der Waals surface area contributed by atoms with Crippen LogP contribution >= 0.6 is 0 Å². The van der Waals surface area contributed by atoms with Gasteiger partial charge < -0.3 is 9.88 Å². The second kappa shape index (κ2) is 6.64. The maximum absolute atomic E-state index is 12.0. The van der Waals surface area contributed by atoms with Crippen LogP contribution in [0.1, 0.15) is 29.7 Å². The van der Waals surface area contributed by atoms with Gasteiger partial charge >= 0.3 is 0 Å². The first-order chi connectivity index (χ1) is 10.1. The normalized spacial score (nSPS) is 10.5. The monoisotopic (exact) mass is 292 g/mol. The number of hydrogen-bond donors (Lipinski definition) is 2. The Morgan fingerprint density at radius 3 is 3.00 bits per heavy atom. The van der Waals surface area contributed by atoms with E-state index in [-0.39, 0.29) is 11.6 Å². The summed E-state index contributed by atoms with van der Waals surface area (Å²) in [4.78, 5) is 26.2. The molecule has 0 aliphatic heterocycles. The Bertz CT molecular complexity index is 619. The summed E-state index contributed by atoms with van der Waals surface area (Å²) in [5.74, 6) is 0.444. The van der Waals surface area contributed by atoms with E-state index >= 15 is 0 Å². The van der Waals surface area contributed by atoms with E-state index in [2.05, 4.69) is 20.5 Å². The van der Waals surface area contributed by atoms with E-state index in [0.29, 0.717) is 31.6 Å². The number of rotatable bonds is 7. The van der Waals surface area contributed by atoms with E-state index in [1.807, 2.05) is 6.92 Å². The minimum Gasteiger partial charge on any atom is -0.351 e. The van der Waals surface area contributed by atoms with Gasteiger partial charge in [-0.05, 0) is 13.3 Å². The highest BCUT2D eigenvalue weighted by molar-refractivity contribution is 5.93. The van der Waals surface area contributed by atoms with Gasteiger partial charge in [-0.1, -0.05) is 0 Å². The van der Waals surface area contributed by atoms with Crippen molar-refractivity contribution in [2.24, 2.45) is 0 Å². The lowest BCUT2D eigenvalue weighted by molar-refractivity contribution is -0.384. The first-order valence-electron chi connectivity index (χ1n) is 6.58. The lowest BCUT2D eigenvalue weighted by Crippen LogP contribution is -2.27. The molecule has 0 fully saturated rings. The van der Waals surface area contributed by atoms with Gasteiger partial charge in [-0.3, -0.25) is 20.0 Å². The molecule has 1 amide bonds. The van der Waals surface area contributed by atoms with Crippen LogP contribution in [-0.4, -0.2) is 37.1 Å². The molecule has 9 nitrogen and oxygen atoms in total. The number of nitro groups is 1. The van der Waals surface area contributed by atoms with Crippen LogP contribution < -0.4 is 5.32 Å². The second-order valence-corrected chi connectivity index (χ2v) is 4.42. The van der Waals surface area contributed by atoms with Crippen molar-refractivity contribution in [1.82, 2.24) is 25.1 Å². The number of carbonyl (C=O) groups is 1. The number of nitrogens with one attached hydrogen (secondary N) is 2. The maximum atomic E-state index is 12.0. The Morgan fingerprint density at radius 2 is 2.38 bits per heavy atom. The second-order valence-electron chi connectivity index (χ2n) is 4.42. The zero-order chi connectivity index (χ0) is 15.2. The van der Waals surface area contributed by atoms with Crippen molar-refractivity contribution in [2.75, 3.05) is 6.54 Å². The summed E-state index contributed by atoms with van der Waals surface area (Å²) < 4.78 is 1.56. The average Bonchev–Trinajstić information content (AvgIpc) is 3.12. The fourth-order valence-corrected chi connectivity index (χ4v) is 1.95. The van der Waals surface area contributed by atoms with Gasteiger partial charge in [0.2, 0.25) is 0 Å². The number of aromatic nitrogens is 4. The summed E-state index contributed by atoms with van der Waals surface area (Å²) in [5.41, 5.74) is 0.215. The summed E-state index contributed by atoms with van der Waals surface area (Å²) in [5, 5.41) is 20.0. The molecule has 2 aromatic rings. The third kappa shape index (κ3) is 3.65. The molecule has 0 aliphatic carbocycles. The number of amides is 1.